The Balaban J connectivity index is 1.92. The largest absolute Gasteiger partial charge is 0.264 e. The summed E-state index contributed by atoms with van der Waals surface area (Å²) in [6.07, 6.45) is 3.65. The third-order valence-electron chi connectivity index (χ3n) is 4.74. The first kappa shape index (κ1) is 14.8. The van der Waals surface area contributed by atoms with Gasteiger partial charge >= 0.3 is 0 Å². The van der Waals surface area contributed by atoms with Crippen LogP contribution in [-0.4, -0.2) is 9.97 Å². The van der Waals surface area contributed by atoms with E-state index in [4.69, 9.17) is 4.98 Å². The predicted octanol–water partition coefficient (Wildman–Crippen LogP) is 6.12. The highest BCUT2D eigenvalue weighted by Crippen LogP contribution is 2.36. The molecule has 0 atom stereocenters. The van der Waals surface area contributed by atoms with Crippen molar-refractivity contribution in [3.05, 3.63) is 97.3 Å². The van der Waals surface area contributed by atoms with Crippen LogP contribution in [0.3, 0.4) is 0 Å². The lowest BCUT2D eigenvalue weighted by molar-refractivity contribution is 1.30. The molecule has 0 saturated carbocycles. The summed E-state index contributed by atoms with van der Waals surface area (Å²) >= 11 is 0. The van der Waals surface area contributed by atoms with Crippen molar-refractivity contribution in [2.24, 2.45) is 0 Å². The third-order valence-corrected chi connectivity index (χ3v) is 4.74. The van der Waals surface area contributed by atoms with E-state index >= 15 is 0 Å². The Morgan fingerprint density at radius 2 is 1.46 bits per heavy atom. The van der Waals surface area contributed by atoms with Gasteiger partial charge in [-0.2, -0.15) is 0 Å². The van der Waals surface area contributed by atoms with Gasteiger partial charge in [-0.15, -0.1) is 0 Å². The van der Waals surface area contributed by atoms with Crippen molar-refractivity contribution < 1.29 is 0 Å². The van der Waals surface area contributed by atoms with Crippen molar-refractivity contribution in [2.45, 2.75) is 0 Å². The molecule has 0 bridgehead atoms. The minimum absolute atomic E-state index is 0.944. The molecule has 2 heteroatoms. The Labute approximate surface area is 151 Å². The Bertz CT molecular complexity index is 1210. The standard InChI is InChI=1S/C24H16N2/c1-2-7-17(8-3-1)21-15-23(19-10-6-14-25-16-19)26-22-13-12-18-9-4-5-11-20(18)24(21)22/h1-16H. The maximum absolute atomic E-state index is 4.94. The molecule has 0 aliphatic heterocycles. The van der Waals surface area contributed by atoms with Crippen molar-refractivity contribution in [2.75, 3.05) is 0 Å². The van der Waals surface area contributed by atoms with Crippen LogP contribution in [0.2, 0.25) is 0 Å². The lowest BCUT2D eigenvalue weighted by Crippen LogP contribution is -1.91. The number of hydrogen-bond acceptors (Lipinski definition) is 2. The maximum Gasteiger partial charge on any atom is 0.0731 e. The molecule has 26 heavy (non-hydrogen) atoms. The summed E-state index contributed by atoms with van der Waals surface area (Å²) in [4.78, 5) is 9.20. The fourth-order valence-corrected chi connectivity index (χ4v) is 3.51. The van der Waals surface area contributed by atoms with Crippen LogP contribution in [0.15, 0.2) is 97.3 Å². The zero-order chi connectivity index (χ0) is 17.3. The molecule has 0 saturated heterocycles. The van der Waals surface area contributed by atoms with Gasteiger partial charge in [0.05, 0.1) is 11.2 Å². The van der Waals surface area contributed by atoms with Gasteiger partial charge in [-0.05, 0) is 46.2 Å². The molecule has 122 valence electrons. The number of pyridine rings is 2. The summed E-state index contributed by atoms with van der Waals surface area (Å²) in [6, 6.07) is 29.5. The van der Waals surface area contributed by atoms with E-state index in [9.17, 15) is 0 Å². The van der Waals surface area contributed by atoms with Crippen molar-refractivity contribution >= 4 is 21.7 Å². The van der Waals surface area contributed by atoms with Crippen LogP contribution in [0.25, 0.3) is 44.1 Å². The smallest absolute Gasteiger partial charge is 0.0731 e. The molecular formula is C24H16N2. The molecule has 0 radical (unpaired) electrons. The van der Waals surface area contributed by atoms with E-state index in [1.54, 1.807) is 6.20 Å². The van der Waals surface area contributed by atoms with Crippen molar-refractivity contribution in [3.63, 3.8) is 0 Å². The zero-order valence-corrected chi connectivity index (χ0v) is 14.1. The summed E-state index contributed by atoms with van der Waals surface area (Å²) < 4.78 is 0. The fourth-order valence-electron chi connectivity index (χ4n) is 3.51. The monoisotopic (exact) mass is 332 g/mol. The molecule has 5 aromatic rings. The topological polar surface area (TPSA) is 25.8 Å². The number of rotatable bonds is 2. The quantitative estimate of drug-likeness (QED) is 0.364. The summed E-state index contributed by atoms with van der Waals surface area (Å²) in [5.41, 5.74) is 5.37. The molecule has 0 spiro atoms. The van der Waals surface area contributed by atoms with Crippen LogP contribution in [0.4, 0.5) is 0 Å². The van der Waals surface area contributed by atoms with Gasteiger partial charge in [-0.25, -0.2) is 4.98 Å². The summed E-state index contributed by atoms with van der Waals surface area (Å²) in [7, 11) is 0. The minimum atomic E-state index is 0.944. The molecule has 2 heterocycles. The molecule has 2 aromatic heterocycles. The van der Waals surface area contributed by atoms with E-state index in [1.165, 1.54) is 27.3 Å². The van der Waals surface area contributed by atoms with E-state index in [-0.39, 0.29) is 0 Å². The molecule has 0 unspecified atom stereocenters. The molecule has 0 aliphatic carbocycles. The Hall–Kier alpha value is -3.52. The molecule has 2 nitrogen and oxygen atoms in total. The Morgan fingerprint density at radius 1 is 0.654 bits per heavy atom. The van der Waals surface area contributed by atoms with Crippen molar-refractivity contribution in [3.8, 4) is 22.4 Å². The second-order valence-electron chi connectivity index (χ2n) is 6.34. The van der Waals surface area contributed by atoms with Crippen molar-refractivity contribution in [1.82, 2.24) is 9.97 Å². The highest BCUT2D eigenvalue weighted by atomic mass is 14.7. The number of nitrogens with zero attached hydrogens (tertiary/aromatic N) is 2. The van der Waals surface area contributed by atoms with E-state index in [0.717, 1.165) is 16.8 Å². The van der Waals surface area contributed by atoms with Gasteiger partial charge in [-0.1, -0.05) is 60.7 Å². The predicted molar refractivity (Wildman–Crippen MR) is 108 cm³/mol. The molecule has 0 fully saturated rings. The molecule has 0 amide bonds. The lowest BCUT2D eigenvalue weighted by atomic mass is 9.95. The lowest BCUT2D eigenvalue weighted by Gasteiger charge is -2.12. The Morgan fingerprint density at radius 3 is 2.31 bits per heavy atom. The van der Waals surface area contributed by atoms with Gasteiger partial charge in [0.25, 0.3) is 0 Å². The maximum atomic E-state index is 4.94. The Kier molecular flexibility index (Phi) is 3.46. The summed E-state index contributed by atoms with van der Waals surface area (Å²) in [5, 5.41) is 3.66. The van der Waals surface area contributed by atoms with Crippen LogP contribution in [-0.2, 0) is 0 Å². The molecular weight excluding hydrogens is 316 g/mol. The van der Waals surface area contributed by atoms with E-state index in [2.05, 4.69) is 77.8 Å². The average molecular weight is 332 g/mol. The first-order chi connectivity index (χ1) is 12.9. The van der Waals surface area contributed by atoms with Gasteiger partial charge < -0.3 is 0 Å². The van der Waals surface area contributed by atoms with Gasteiger partial charge in [0, 0.05) is 23.3 Å². The van der Waals surface area contributed by atoms with Crippen LogP contribution < -0.4 is 0 Å². The number of aromatic nitrogens is 2. The molecule has 5 rings (SSSR count). The van der Waals surface area contributed by atoms with Gasteiger partial charge in [0.1, 0.15) is 0 Å². The zero-order valence-electron chi connectivity index (χ0n) is 14.1. The average Bonchev–Trinajstić information content (AvgIpc) is 2.74. The van der Waals surface area contributed by atoms with Crippen LogP contribution in [0.5, 0.6) is 0 Å². The molecule has 0 N–H and O–H groups in total. The van der Waals surface area contributed by atoms with Gasteiger partial charge in [0.2, 0.25) is 0 Å². The van der Waals surface area contributed by atoms with E-state index < -0.39 is 0 Å². The highest BCUT2D eigenvalue weighted by molar-refractivity contribution is 6.13. The van der Waals surface area contributed by atoms with Crippen LogP contribution >= 0.6 is 0 Å². The second kappa shape index (κ2) is 6.08. The normalized spacial score (nSPS) is 11.1. The van der Waals surface area contributed by atoms with E-state index in [1.807, 2.05) is 18.3 Å². The van der Waals surface area contributed by atoms with Crippen molar-refractivity contribution in [1.29, 1.82) is 0 Å². The third kappa shape index (κ3) is 2.44. The second-order valence-corrected chi connectivity index (χ2v) is 6.34. The van der Waals surface area contributed by atoms with E-state index in [0.29, 0.717) is 0 Å². The first-order valence-electron chi connectivity index (χ1n) is 8.68. The van der Waals surface area contributed by atoms with Gasteiger partial charge in [0.15, 0.2) is 0 Å². The molecule has 0 aliphatic rings. The van der Waals surface area contributed by atoms with Crippen LogP contribution in [0, 0.1) is 0 Å². The summed E-state index contributed by atoms with van der Waals surface area (Å²) in [6.45, 7) is 0. The van der Waals surface area contributed by atoms with Crippen LogP contribution in [0.1, 0.15) is 0 Å². The number of benzene rings is 3. The first-order valence-corrected chi connectivity index (χ1v) is 8.68. The summed E-state index contributed by atoms with van der Waals surface area (Å²) in [5.74, 6) is 0. The fraction of sp³-hybridized carbons (Fsp3) is 0. The highest BCUT2D eigenvalue weighted by Gasteiger charge is 2.12. The SMILES string of the molecule is c1ccc(-c2cc(-c3cccnc3)nc3ccc4ccccc4c23)cc1. The molecule has 3 aromatic carbocycles. The number of fused-ring (bicyclic) bond motifs is 3. The minimum Gasteiger partial charge on any atom is -0.264 e. The van der Waals surface area contributed by atoms with Gasteiger partial charge in [-0.3, -0.25) is 4.98 Å². The number of hydrogen-bond donors (Lipinski definition) is 0.